The first-order valence-corrected chi connectivity index (χ1v) is 15.0. The predicted molar refractivity (Wildman–Crippen MR) is 149 cm³/mol. The molecule has 0 spiro atoms. The van der Waals surface area contributed by atoms with E-state index in [1.54, 1.807) is 0 Å². The first-order chi connectivity index (χ1) is 17.2. The van der Waals surface area contributed by atoms with Gasteiger partial charge in [0, 0.05) is 17.0 Å². The van der Waals surface area contributed by atoms with Gasteiger partial charge in [0.05, 0.1) is 0 Å². The van der Waals surface area contributed by atoms with Gasteiger partial charge in [-0.05, 0) is 58.5 Å². The molecule has 1 fully saturated rings. The Hall–Kier alpha value is -3.00. The molecule has 0 saturated heterocycles. The van der Waals surface area contributed by atoms with E-state index in [0.717, 1.165) is 41.9 Å². The monoisotopic (exact) mass is 492 g/mol. The van der Waals surface area contributed by atoms with E-state index in [1.165, 1.54) is 27.1 Å². The molecule has 1 aliphatic carbocycles. The predicted octanol–water partition coefficient (Wildman–Crippen LogP) is 9.08. The molecule has 0 aromatic heterocycles. The zero-order valence-corrected chi connectivity index (χ0v) is 21.0. The van der Waals surface area contributed by atoms with Gasteiger partial charge in [0.1, 0.15) is 5.66 Å². The fourth-order valence-corrected chi connectivity index (χ4v) is 9.67. The number of hydrogen-bond donors (Lipinski definition) is 0. The second kappa shape index (κ2) is 8.29. The molecular formula is C31H25O2PS. The van der Waals surface area contributed by atoms with Gasteiger partial charge in [0.2, 0.25) is 0 Å². The standard InChI is InChI=1S/C31H25O2PS/c35-34(29-16-8-15-24(29)21-9-2-1-3-10-21)32-27-19-17-22-11-4-6-13-25(22)30(27)31-26-14-7-5-12-23(26)18-20-28(31)33-34/h1-7,9-14,17-20,24,29H,8,15-16H2/t24-,29+/m1/s1. The van der Waals surface area contributed by atoms with Crippen LogP contribution in [-0.4, -0.2) is 5.66 Å². The first-order valence-electron chi connectivity index (χ1n) is 12.3. The molecule has 2 aliphatic rings. The SMILES string of the molecule is [S-][P+]1([C@H]2CCC[C@@H]2c2ccccc2)Oc2ccc3ccccc3c2-c2c(ccc3ccccc23)O1. The summed E-state index contributed by atoms with van der Waals surface area (Å²) in [5.74, 6) is 2.05. The second-order valence-corrected chi connectivity index (χ2v) is 13.2. The Balaban J connectivity index is 1.48. The average molecular weight is 493 g/mol. The van der Waals surface area contributed by atoms with Crippen LogP contribution in [0.1, 0.15) is 30.7 Å². The van der Waals surface area contributed by atoms with Crippen LogP contribution < -0.4 is 9.05 Å². The topological polar surface area (TPSA) is 18.5 Å². The van der Waals surface area contributed by atoms with Crippen molar-refractivity contribution < 1.29 is 9.05 Å². The van der Waals surface area contributed by atoms with E-state index >= 15 is 0 Å². The highest BCUT2D eigenvalue weighted by molar-refractivity contribution is 8.38. The average Bonchev–Trinajstić information content (AvgIpc) is 3.36. The van der Waals surface area contributed by atoms with E-state index in [-0.39, 0.29) is 5.66 Å². The highest BCUT2D eigenvalue weighted by atomic mass is 32.7. The molecule has 7 rings (SSSR count). The molecule has 1 aliphatic heterocycles. The Morgan fingerprint density at radius 2 is 1.14 bits per heavy atom. The number of fused-ring (bicyclic) bond motifs is 7. The molecule has 0 amide bonds. The lowest BCUT2D eigenvalue weighted by molar-refractivity contribution is 0.467. The highest BCUT2D eigenvalue weighted by Gasteiger charge is 2.50. The lowest BCUT2D eigenvalue weighted by atomic mass is 9.92. The van der Waals surface area contributed by atoms with Crippen molar-refractivity contribution in [1.82, 2.24) is 0 Å². The number of rotatable bonds is 2. The van der Waals surface area contributed by atoms with Gasteiger partial charge in [0.15, 0.2) is 11.5 Å². The zero-order chi connectivity index (χ0) is 23.4. The van der Waals surface area contributed by atoms with Crippen molar-refractivity contribution in [3.63, 3.8) is 0 Å². The summed E-state index contributed by atoms with van der Waals surface area (Å²) in [5, 5.41) is 4.71. The van der Waals surface area contributed by atoms with Crippen molar-refractivity contribution >= 4 is 40.7 Å². The Kier molecular flexibility index (Phi) is 5.05. The Bertz CT molecular complexity index is 1480. The minimum Gasteiger partial charge on any atom is -0.472 e. The van der Waals surface area contributed by atoms with Crippen LogP contribution in [0, 0.1) is 0 Å². The van der Waals surface area contributed by atoms with Crippen LogP contribution in [0.15, 0.2) is 103 Å². The second-order valence-electron chi connectivity index (χ2n) is 9.56. The highest BCUT2D eigenvalue weighted by Crippen LogP contribution is 2.71. The summed E-state index contributed by atoms with van der Waals surface area (Å²) in [4.78, 5) is 0. The van der Waals surface area contributed by atoms with Crippen molar-refractivity contribution in [3.8, 4) is 22.6 Å². The summed E-state index contributed by atoms with van der Waals surface area (Å²) in [6.45, 7) is -2.71. The van der Waals surface area contributed by atoms with E-state index in [2.05, 4.69) is 103 Å². The summed E-state index contributed by atoms with van der Waals surface area (Å²) in [6, 6.07) is 36.3. The van der Waals surface area contributed by atoms with Gasteiger partial charge in [-0.1, -0.05) is 91.0 Å². The molecule has 0 radical (unpaired) electrons. The van der Waals surface area contributed by atoms with Crippen LogP contribution in [0.25, 0.3) is 32.7 Å². The largest absolute Gasteiger partial charge is 0.472 e. The first kappa shape index (κ1) is 21.3. The van der Waals surface area contributed by atoms with Crippen LogP contribution in [0.4, 0.5) is 0 Å². The van der Waals surface area contributed by atoms with Crippen molar-refractivity contribution in [1.29, 1.82) is 0 Å². The van der Waals surface area contributed by atoms with Crippen molar-refractivity contribution in [3.05, 3.63) is 109 Å². The molecule has 0 N–H and O–H groups in total. The molecular weight excluding hydrogens is 467 g/mol. The van der Waals surface area contributed by atoms with Crippen molar-refractivity contribution in [2.45, 2.75) is 30.8 Å². The molecule has 5 aromatic rings. The van der Waals surface area contributed by atoms with E-state index in [1.807, 2.05) is 0 Å². The molecule has 1 heterocycles. The maximum atomic E-state index is 6.92. The Labute approximate surface area is 211 Å². The minimum atomic E-state index is -2.71. The summed E-state index contributed by atoms with van der Waals surface area (Å²) in [7, 11) is 0. The lowest BCUT2D eigenvalue weighted by Gasteiger charge is -2.36. The molecule has 5 aromatic carbocycles. The molecule has 1 saturated carbocycles. The maximum Gasteiger partial charge on any atom is 0.254 e. The smallest absolute Gasteiger partial charge is 0.254 e. The quantitative estimate of drug-likeness (QED) is 0.181. The van der Waals surface area contributed by atoms with Gasteiger partial charge in [-0.2, -0.15) is 0 Å². The number of hydrogen-bond acceptors (Lipinski definition) is 3. The van der Waals surface area contributed by atoms with Gasteiger partial charge in [0.25, 0.3) is 6.92 Å². The third-order valence-electron chi connectivity index (χ3n) is 7.60. The lowest BCUT2D eigenvalue weighted by Crippen LogP contribution is -2.23. The van der Waals surface area contributed by atoms with Crippen LogP contribution in [0.3, 0.4) is 0 Å². The molecule has 2 atom stereocenters. The summed E-state index contributed by atoms with van der Waals surface area (Å²) < 4.78 is 13.8. The zero-order valence-electron chi connectivity index (χ0n) is 19.3. The van der Waals surface area contributed by atoms with E-state index in [9.17, 15) is 0 Å². The Morgan fingerprint density at radius 3 is 1.74 bits per heavy atom. The van der Waals surface area contributed by atoms with E-state index < -0.39 is 6.92 Å². The summed E-state index contributed by atoms with van der Waals surface area (Å²) >= 11 is 6.44. The third kappa shape index (κ3) is 3.44. The van der Waals surface area contributed by atoms with Gasteiger partial charge < -0.3 is 21.3 Å². The molecule has 2 nitrogen and oxygen atoms in total. The number of benzene rings is 5. The van der Waals surface area contributed by atoms with Crippen LogP contribution in [-0.2, 0) is 12.2 Å². The molecule has 4 heteroatoms. The van der Waals surface area contributed by atoms with Crippen LogP contribution >= 0.6 is 6.92 Å². The molecule has 0 bridgehead atoms. The summed E-state index contributed by atoms with van der Waals surface area (Å²) in [5.41, 5.74) is 3.71. The molecule has 35 heavy (non-hydrogen) atoms. The van der Waals surface area contributed by atoms with Gasteiger partial charge >= 0.3 is 0 Å². The fraction of sp³-hybridized carbons (Fsp3) is 0.161. The normalized spacial score (nSPS) is 20.5. The third-order valence-corrected chi connectivity index (χ3v) is 11.2. The molecule has 172 valence electrons. The van der Waals surface area contributed by atoms with Gasteiger partial charge in [-0.15, -0.1) is 0 Å². The van der Waals surface area contributed by atoms with Crippen LogP contribution in [0.2, 0.25) is 0 Å². The Morgan fingerprint density at radius 1 is 0.600 bits per heavy atom. The van der Waals surface area contributed by atoms with Gasteiger partial charge in [-0.25, -0.2) is 0 Å². The maximum absolute atomic E-state index is 6.92. The fourth-order valence-electron chi connectivity index (χ4n) is 6.01. The van der Waals surface area contributed by atoms with Gasteiger partial charge in [-0.3, -0.25) is 0 Å². The summed E-state index contributed by atoms with van der Waals surface area (Å²) in [6.07, 6.45) is 3.29. The van der Waals surface area contributed by atoms with Crippen molar-refractivity contribution in [2.75, 3.05) is 0 Å². The molecule has 0 unspecified atom stereocenters. The van der Waals surface area contributed by atoms with Crippen molar-refractivity contribution in [2.24, 2.45) is 0 Å². The van der Waals surface area contributed by atoms with E-state index in [0.29, 0.717) is 5.92 Å². The van der Waals surface area contributed by atoms with E-state index in [4.69, 9.17) is 21.3 Å². The minimum absolute atomic E-state index is 0.177. The van der Waals surface area contributed by atoms with Crippen LogP contribution in [0.5, 0.6) is 11.5 Å².